The van der Waals surface area contributed by atoms with Gasteiger partial charge in [0.2, 0.25) is 15.9 Å². The molecular formula is C20H20ClF3N2O3S. The van der Waals surface area contributed by atoms with Gasteiger partial charge in [-0.2, -0.15) is 13.2 Å². The van der Waals surface area contributed by atoms with Gasteiger partial charge >= 0.3 is 6.18 Å². The van der Waals surface area contributed by atoms with Crippen molar-refractivity contribution in [3.8, 4) is 0 Å². The molecule has 3 rings (SSSR count). The van der Waals surface area contributed by atoms with Crippen LogP contribution < -0.4 is 5.32 Å². The average molecular weight is 461 g/mol. The lowest BCUT2D eigenvalue weighted by Crippen LogP contribution is -2.41. The Labute approximate surface area is 177 Å². The molecule has 1 amide bonds. The third-order valence-corrected chi connectivity index (χ3v) is 7.14. The molecule has 1 heterocycles. The number of nitrogens with one attached hydrogen (secondary N) is 1. The number of hydrogen-bond acceptors (Lipinski definition) is 3. The molecule has 1 fully saturated rings. The van der Waals surface area contributed by atoms with Crippen molar-refractivity contribution < 1.29 is 26.4 Å². The predicted octanol–water partition coefficient (Wildman–Crippen LogP) is 4.54. The van der Waals surface area contributed by atoms with E-state index in [1.807, 2.05) is 0 Å². The van der Waals surface area contributed by atoms with Crippen molar-refractivity contribution in [2.45, 2.75) is 24.8 Å². The summed E-state index contributed by atoms with van der Waals surface area (Å²) in [5.74, 6) is -1.11. The number of nitrogens with zero attached hydrogens (tertiary/aromatic N) is 1. The van der Waals surface area contributed by atoms with E-state index in [0.29, 0.717) is 5.56 Å². The Morgan fingerprint density at radius 1 is 1.10 bits per heavy atom. The van der Waals surface area contributed by atoms with Gasteiger partial charge in [0.1, 0.15) is 0 Å². The number of carbonyl (C=O) groups is 1. The Balaban J connectivity index is 1.61. The van der Waals surface area contributed by atoms with E-state index >= 15 is 0 Å². The minimum Gasteiger partial charge on any atom is -0.325 e. The van der Waals surface area contributed by atoms with Crippen LogP contribution in [0.2, 0.25) is 5.02 Å². The van der Waals surface area contributed by atoms with Crippen molar-refractivity contribution in [1.29, 1.82) is 0 Å². The number of alkyl halides is 3. The minimum absolute atomic E-state index is 0.000718. The third-order valence-electron chi connectivity index (χ3n) is 4.96. The molecule has 30 heavy (non-hydrogen) atoms. The van der Waals surface area contributed by atoms with E-state index in [1.54, 1.807) is 30.3 Å². The number of hydrogen-bond donors (Lipinski definition) is 1. The highest BCUT2D eigenvalue weighted by Crippen LogP contribution is 2.34. The number of rotatable bonds is 5. The molecule has 0 atom stereocenters. The van der Waals surface area contributed by atoms with Crippen molar-refractivity contribution in [1.82, 2.24) is 4.31 Å². The van der Waals surface area contributed by atoms with E-state index in [9.17, 15) is 26.4 Å². The molecule has 2 aromatic rings. The van der Waals surface area contributed by atoms with Crippen LogP contribution in [0.15, 0.2) is 48.5 Å². The highest BCUT2D eigenvalue weighted by Gasteiger charge is 2.33. The first-order valence-corrected chi connectivity index (χ1v) is 11.2. The minimum atomic E-state index is -4.55. The Hall–Kier alpha value is -2.10. The van der Waals surface area contributed by atoms with Gasteiger partial charge in [0.25, 0.3) is 0 Å². The van der Waals surface area contributed by atoms with Crippen LogP contribution in [-0.2, 0) is 26.7 Å². The average Bonchev–Trinajstić information content (AvgIpc) is 2.69. The van der Waals surface area contributed by atoms with Crippen molar-refractivity contribution >= 4 is 33.2 Å². The number of halogens is 4. The molecule has 1 aliphatic heterocycles. The zero-order valence-electron chi connectivity index (χ0n) is 15.8. The molecule has 0 spiro atoms. The largest absolute Gasteiger partial charge is 0.416 e. The Kier molecular flexibility index (Phi) is 6.74. The molecule has 1 aliphatic rings. The monoisotopic (exact) mass is 460 g/mol. The van der Waals surface area contributed by atoms with Crippen LogP contribution in [-0.4, -0.2) is 31.7 Å². The van der Waals surface area contributed by atoms with Crippen molar-refractivity contribution in [2.24, 2.45) is 5.92 Å². The molecule has 0 aliphatic carbocycles. The summed E-state index contributed by atoms with van der Waals surface area (Å²) in [7, 11) is -3.52. The van der Waals surface area contributed by atoms with Crippen molar-refractivity contribution in [3.63, 3.8) is 0 Å². The maximum absolute atomic E-state index is 12.9. The number of piperidine rings is 1. The van der Waals surface area contributed by atoms with Crippen LogP contribution in [0, 0.1) is 5.92 Å². The fraction of sp³-hybridized carbons (Fsp3) is 0.350. The topological polar surface area (TPSA) is 66.5 Å². The van der Waals surface area contributed by atoms with Gasteiger partial charge in [-0.1, -0.05) is 41.9 Å². The summed E-state index contributed by atoms with van der Waals surface area (Å²) in [6.45, 7) is 0.340. The zero-order chi connectivity index (χ0) is 21.9. The fourth-order valence-corrected chi connectivity index (χ4v) is 5.03. The van der Waals surface area contributed by atoms with Gasteiger partial charge in [0.15, 0.2) is 0 Å². The highest BCUT2D eigenvalue weighted by atomic mass is 35.5. The van der Waals surface area contributed by atoms with E-state index in [-0.39, 0.29) is 42.4 Å². The predicted molar refractivity (Wildman–Crippen MR) is 108 cm³/mol. The summed E-state index contributed by atoms with van der Waals surface area (Å²) in [4.78, 5) is 12.5. The van der Waals surface area contributed by atoms with Gasteiger partial charge in [0.05, 0.1) is 22.0 Å². The van der Waals surface area contributed by atoms with Crippen LogP contribution in [0.3, 0.4) is 0 Å². The maximum Gasteiger partial charge on any atom is 0.416 e. The molecule has 162 valence electrons. The van der Waals surface area contributed by atoms with Gasteiger partial charge in [-0.15, -0.1) is 0 Å². The molecular weight excluding hydrogens is 441 g/mol. The molecule has 0 radical (unpaired) electrons. The normalized spacial score (nSPS) is 16.4. The Morgan fingerprint density at radius 2 is 1.73 bits per heavy atom. The lowest BCUT2D eigenvalue weighted by molar-refractivity contribution is -0.137. The SMILES string of the molecule is O=C(Nc1cc(C(F)(F)F)ccc1Cl)C1CCN(S(=O)(=O)Cc2ccccc2)CC1. The zero-order valence-corrected chi connectivity index (χ0v) is 17.4. The maximum atomic E-state index is 12.9. The third kappa shape index (κ3) is 5.53. The number of sulfonamides is 1. The highest BCUT2D eigenvalue weighted by molar-refractivity contribution is 7.88. The first-order chi connectivity index (χ1) is 14.1. The van der Waals surface area contributed by atoms with E-state index in [2.05, 4.69) is 5.32 Å². The van der Waals surface area contributed by atoms with Gasteiger partial charge in [-0.05, 0) is 36.6 Å². The van der Waals surface area contributed by atoms with E-state index in [0.717, 1.165) is 18.2 Å². The molecule has 0 aromatic heterocycles. The summed E-state index contributed by atoms with van der Waals surface area (Å²) in [6.07, 6.45) is -4.00. The Bertz CT molecular complexity index is 1010. The number of carbonyl (C=O) groups excluding carboxylic acids is 1. The standard InChI is InChI=1S/C20H20ClF3N2O3S/c21-17-7-6-16(20(22,23)24)12-18(17)25-19(27)15-8-10-26(11-9-15)30(28,29)13-14-4-2-1-3-5-14/h1-7,12,15H,8-11,13H2,(H,25,27). The lowest BCUT2D eigenvalue weighted by atomic mass is 9.97. The van der Waals surface area contributed by atoms with E-state index in [1.165, 1.54) is 4.31 Å². The van der Waals surface area contributed by atoms with Gasteiger partial charge in [0, 0.05) is 19.0 Å². The second-order valence-corrected chi connectivity index (χ2v) is 9.47. The van der Waals surface area contributed by atoms with Crippen LogP contribution in [0.1, 0.15) is 24.0 Å². The molecule has 0 unspecified atom stereocenters. The molecule has 0 bridgehead atoms. The summed E-state index contributed by atoms with van der Waals surface area (Å²) in [5, 5.41) is 2.45. The van der Waals surface area contributed by atoms with Crippen LogP contribution >= 0.6 is 11.6 Å². The molecule has 0 saturated carbocycles. The van der Waals surface area contributed by atoms with E-state index in [4.69, 9.17) is 11.6 Å². The van der Waals surface area contributed by atoms with E-state index < -0.39 is 33.6 Å². The van der Waals surface area contributed by atoms with Gasteiger partial charge < -0.3 is 5.32 Å². The number of amides is 1. The number of anilines is 1. The molecule has 5 nitrogen and oxygen atoms in total. The van der Waals surface area contributed by atoms with Crippen molar-refractivity contribution in [2.75, 3.05) is 18.4 Å². The van der Waals surface area contributed by atoms with Crippen LogP contribution in [0.25, 0.3) is 0 Å². The summed E-state index contributed by atoms with van der Waals surface area (Å²) < 4.78 is 65.2. The van der Waals surface area contributed by atoms with Gasteiger partial charge in [-0.25, -0.2) is 12.7 Å². The molecule has 1 saturated heterocycles. The summed E-state index contributed by atoms with van der Waals surface area (Å²) in [5.41, 5.74) is -0.351. The van der Waals surface area contributed by atoms with Gasteiger partial charge in [-0.3, -0.25) is 4.79 Å². The smallest absolute Gasteiger partial charge is 0.325 e. The van der Waals surface area contributed by atoms with Crippen molar-refractivity contribution in [3.05, 3.63) is 64.7 Å². The summed E-state index contributed by atoms with van der Waals surface area (Å²) >= 11 is 5.92. The molecule has 2 aromatic carbocycles. The first-order valence-electron chi connectivity index (χ1n) is 9.25. The van der Waals surface area contributed by atoms with Crippen LogP contribution in [0.4, 0.5) is 18.9 Å². The van der Waals surface area contributed by atoms with Crippen LogP contribution in [0.5, 0.6) is 0 Å². The quantitative estimate of drug-likeness (QED) is 0.712. The second kappa shape index (κ2) is 8.95. The summed E-state index contributed by atoms with van der Waals surface area (Å²) in [6, 6.07) is 11.5. The second-order valence-electron chi connectivity index (χ2n) is 7.10. The molecule has 10 heteroatoms. The lowest BCUT2D eigenvalue weighted by Gasteiger charge is -2.30. The fourth-order valence-electron chi connectivity index (χ4n) is 3.30. The number of benzene rings is 2. The molecule has 1 N–H and O–H groups in total. The first kappa shape index (κ1) is 22.6. The Morgan fingerprint density at radius 3 is 2.33 bits per heavy atom.